The molecule has 0 heterocycles. The van der Waals surface area contributed by atoms with Crippen molar-refractivity contribution in [1.82, 2.24) is 0 Å². The van der Waals surface area contributed by atoms with Gasteiger partial charge in [-0.05, 0) is 19.5 Å². The summed E-state index contributed by atoms with van der Waals surface area (Å²) in [6, 6.07) is 0. The van der Waals surface area contributed by atoms with E-state index in [9.17, 15) is 0 Å². The molecule has 0 fully saturated rings. The van der Waals surface area contributed by atoms with Crippen LogP contribution in [0.3, 0.4) is 0 Å². The summed E-state index contributed by atoms with van der Waals surface area (Å²) in [6.45, 7) is 7.48. The summed E-state index contributed by atoms with van der Waals surface area (Å²) in [5.74, 6) is 0. The second kappa shape index (κ2) is 4.34. The zero-order valence-corrected chi connectivity index (χ0v) is 6.55. The van der Waals surface area contributed by atoms with Crippen LogP contribution >= 0.6 is 0 Å². The van der Waals surface area contributed by atoms with Gasteiger partial charge in [0.05, 0.1) is 0 Å². The third kappa shape index (κ3) is 6.18. The first-order valence-electron chi connectivity index (χ1n) is 2.89. The predicted octanol–water partition coefficient (Wildman–Crippen LogP) is 1.51. The Bertz CT molecular complexity index is 41.4. The van der Waals surface area contributed by atoms with E-state index in [4.69, 9.17) is 4.43 Å². The summed E-state index contributed by atoms with van der Waals surface area (Å²) in [4.78, 5) is 0. The minimum Gasteiger partial charge on any atom is -0.421 e. The van der Waals surface area contributed by atoms with E-state index >= 15 is 0 Å². The van der Waals surface area contributed by atoms with Crippen molar-refractivity contribution >= 4 is 9.04 Å². The molecular formula is C5H15OSi+. The summed E-state index contributed by atoms with van der Waals surface area (Å²) in [5.41, 5.74) is 0. The molecule has 0 aromatic rings. The largest absolute Gasteiger partial charge is 1.00 e. The monoisotopic (exact) mass is 119 g/mol. The molecule has 0 aliphatic rings. The van der Waals surface area contributed by atoms with Gasteiger partial charge >= 0.3 is 1.43 Å². The van der Waals surface area contributed by atoms with E-state index in [0.717, 1.165) is 13.0 Å². The fraction of sp³-hybridized carbons (Fsp3) is 1.00. The third-order valence-corrected chi connectivity index (χ3v) is 1.56. The fourth-order valence-electron chi connectivity index (χ4n) is 0.354. The molecule has 0 bridgehead atoms. The molecule has 0 unspecified atom stereocenters. The van der Waals surface area contributed by atoms with Gasteiger partial charge in [-0.15, -0.1) is 0 Å². The van der Waals surface area contributed by atoms with E-state index in [0.29, 0.717) is 0 Å². The highest BCUT2D eigenvalue weighted by atomic mass is 28.3. The molecule has 0 aromatic heterocycles. The average Bonchev–Trinajstić information content (AvgIpc) is 1.61. The molecule has 0 aliphatic carbocycles. The van der Waals surface area contributed by atoms with Crippen LogP contribution in [-0.2, 0) is 4.43 Å². The summed E-state index contributed by atoms with van der Waals surface area (Å²) in [6.07, 6.45) is 1.16. The number of rotatable bonds is 3. The van der Waals surface area contributed by atoms with Gasteiger partial charge in [0.25, 0.3) is 0 Å². The minimum atomic E-state index is -0.688. The highest BCUT2D eigenvalue weighted by Gasteiger charge is 1.90. The highest BCUT2D eigenvalue weighted by Crippen LogP contribution is 1.84. The molecule has 0 rings (SSSR count). The van der Waals surface area contributed by atoms with Crippen LogP contribution < -0.4 is 0 Å². The lowest BCUT2D eigenvalue weighted by atomic mass is 10.5. The summed E-state index contributed by atoms with van der Waals surface area (Å²) >= 11 is 0. The van der Waals surface area contributed by atoms with Gasteiger partial charge in [-0.3, -0.25) is 0 Å². The van der Waals surface area contributed by atoms with Crippen molar-refractivity contribution in [3.63, 3.8) is 0 Å². The molecule has 44 valence electrons. The first-order valence-corrected chi connectivity index (χ1v) is 5.67. The maximum atomic E-state index is 5.33. The van der Waals surface area contributed by atoms with Gasteiger partial charge in [-0.25, -0.2) is 0 Å². The van der Waals surface area contributed by atoms with Crippen molar-refractivity contribution in [2.75, 3.05) is 6.61 Å². The van der Waals surface area contributed by atoms with E-state index in [-0.39, 0.29) is 1.43 Å². The Labute approximate surface area is 48.9 Å². The van der Waals surface area contributed by atoms with E-state index < -0.39 is 9.04 Å². The Balaban J connectivity index is 0. The lowest BCUT2D eigenvalue weighted by Gasteiger charge is -2.01. The Morgan fingerprint density at radius 1 is 1.57 bits per heavy atom. The van der Waals surface area contributed by atoms with Crippen molar-refractivity contribution in [3.05, 3.63) is 0 Å². The standard InChI is InChI=1S/C5H14OSi/c1-4-5-6-7(2)3/h7H,4-5H2,1-3H3/p+1. The van der Waals surface area contributed by atoms with Crippen LogP contribution in [0.5, 0.6) is 0 Å². The van der Waals surface area contributed by atoms with Crippen LogP contribution in [0.15, 0.2) is 0 Å². The van der Waals surface area contributed by atoms with E-state index in [1.54, 1.807) is 0 Å². The van der Waals surface area contributed by atoms with Crippen LogP contribution in [0.25, 0.3) is 0 Å². The van der Waals surface area contributed by atoms with Crippen molar-refractivity contribution in [2.45, 2.75) is 26.4 Å². The molecule has 7 heavy (non-hydrogen) atoms. The Kier molecular flexibility index (Phi) is 4.45. The second-order valence-corrected chi connectivity index (χ2v) is 4.35. The van der Waals surface area contributed by atoms with Crippen molar-refractivity contribution in [1.29, 1.82) is 0 Å². The average molecular weight is 119 g/mol. The lowest BCUT2D eigenvalue weighted by Crippen LogP contribution is -2.07. The lowest BCUT2D eigenvalue weighted by molar-refractivity contribution is 0.326. The maximum absolute atomic E-state index is 5.33. The van der Waals surface area contributed by atoms with Gasteiger partial charge in [-0.2, -0.15) is 0 Å². The summed E-state index contributed by atoms with van der Waals surface area (Å²) in [5, 5.41) is 0. The van der Waals surface area contributed by atoms with E-state index in [1.807, 2.05) is 0 Å². The number of hydrogen-bond donors (Lipinski definition) is 0. The van der Waals surface area contributed by atoms with Gasteiger partial charge in [0.2, 0.25) is 0 Å². The summed E-state index contributed by atoms with van der Waals surface area (Å²) in [7, 11) is -0.688. The quantitative estimate of drug-likeness (QED) is 0.512. The highest BCUT2D eigenvalue weighted by molar-refractivity contribution is 6.48. The second-order valence-electron chi connectivity index (χ2n) is 1.92. The molecular weight excluding hydrogens is 104 g/mol. The van der Waals surface area contributed by atoms with Gasteiger partial charge in [0.15, 0.2) is 9.04 Å². The third-order valence-electron chi connectivity index (χ3n) is 0.655. The first-order chi connectivity index (χ1) is 3.27. The summed E-state index contributed by atoms with van der Waals surface area (Å²) < 4.78 is 5.33. The topological polar surface area (TPSA) is 9.23 Å². The molecule has 0 atom stereocenters. The molecule has 0 saturated carbocycles. The van der Waals surface area contributed by atoms with Crippen LogP contribution in [0, 0.1) is 0 Å². The smallest absolute Gasteiger partial charge is 0.421 e. The van der Waals surface area contributed by atoms with Crippen molar-refractivity contribution in [3.8, 4) is 0 Å². The van der Waals surface area contributed by atoms with Crippen LogP contribution in [0.2, 0.25) is 13.1 Å². The van der Waals surface area contributed by atoms with Gasteiger partial charge in [0.1, 0.15) is 0 Å². The zero-order valence-electron chi connectivity index (χ0n) is 6.40. The molecule has 0 spiro atoms. The predicted molar refractivity (Wildman–Crippen MR) is 36.2 cm³/mol. The van der Waals surface area contributed by atoms with Crippen molar-refractivity contribution < 1.29 is 5.85 Å². The van der Waals surface area contributed by atoms with Crippen LogP contribution in [-0.4, -0.2) is 15.6 Å². The van der Waals surface area contributed by atoms with Crippen LogP contribution in [0.1, 0.15) is 14.8 Å². The Morgan fingerprint density at radius 2 is 2.14 bits per heavy atom. The first kappa shape index (κ1) is 7.18. The molecule has 0 amide bonds. The van der Waals surface area contributed by atoms with Gasteiger partial charge in [-0.1, -0.05) is 6.92 Å². The number of hydrogen-bond acceptors (Lipinski definition) is 1. The molecule has 0 radical (unpaired) electrons. The van der Waals surface area contributed by atoms with Gasteiger partial charge in [0, 0.05) is 6.61 Å². The van der Waals surface area contributed by atoms with E-state index in [1.165, 1.54) is 0 Å². The Morgan fingerprint density at radius 3 is 2.29 bits per heavy atom. The molecule has 0 aromatic carbocycles. The molecule has 0 saturated heterocycles. The fourth-order valence-corrected chi connectivity index (χ4v) is 1.06. The Hall–Kier alpha value is 0.177. The van der Waals surface area contributed by atoms with Gasteiger partial charge < -0.3 is 4.43 Å². The van der Waals surface area contributed by atoms with E-state index in [2.05, 4.69) is 20.0 Å². The van der Waals surface area contributed by atoms with Crippen molar-refractivity contribution in [2.24, 2.45) is 0 Å². The normalized spacial score (nSPS) is 10.3. The zero-order chi connectivity index (χ0) is 5.70. The minimum absolute atomic E-state index is 0. The molecule has 0 aliphatic heterocycles. The molecule has 2 heteroatoms. The van der Waals surface area contributed by atoms with Crippen LogP contribution in [0.4, 0.5) is 0 Å². The molecule has 1 nitrogen and oxygen atoms in total. The molecule has 0 N–H and O–H groups in total. The SMILES string of the molecule is CCCO[SiH](C)C.[H+]. The maximum Gasteiger partial charge on any atom is 1.00 e.